The summed E-state index contributed by atoms with van der Waals surface area (Å²) in [5.41, 5.74) is 0.872. The van der Waals surface area contributed by atoms with E-state index in [1.165, 1.54) is 6.07 Å². The number of carbonyl (C=O) groups is 1. The Kier molecular flexibility index (Phi) is 6.42. The van der Waals surface area contributed by atoms with Gasteiger partial charge in [-0.1, -0.05) is 12.1 Å². The van der Waals surface area contributed by atoms with E-state index >= 15 is 0 Å². The lowest BCUT2D eigenvalue weighted by molar-refractivity contribution is -0.114. The highest BCUT2D eigenvalue weighted by atomic mass is 19.1. The van der Waals surface area contributed by atoms with Gasteiger partial charge in [0, 0.05) is 11.8 Å². The molecule has 128 valence electrons. The largest absolute Gasteiger partial charge is 0.490 e. The number of hydrogen-bond donors (Lipinski definition) is 2. The standard InChI is InChI=1S/C18H21FN2O3/c1-3-23-16-10-9-13(11-17(16)24-4-2)21-18(22)12-20-15-8-6-5-7-14(15)19/h5-11,20H,3-4,12H2,1-2H3,(H,21,22). The number of carbonyl (C=O) groups excluding carboxylic acids is 1. The van der Waals surface area contributed by atoms with Crippen LogP contribution < -0.4 is 20.1 Å². The average Bonchev–Trinajstić information content (AvgIpc) is 2.57. The van der Waals surface area contributed by atoms with E-state index in [9.17, 15) is 9.18 Å². The average molecular weight is 332 g/mol. The Labute approximate surface area is 140 Å². The van der Waals surface area contributed by atoms with Gasteiger partial charge in [-0.3, -0.25) is 4.79 Å². The smallest absolute Gasteiger partial charge is 0.243 e. The summed E-state index contributed by atoms with van der Waals surface area (Å²) in [7, 11) is 0. The van der Waals surface area contributed by atoms with Crippen LogP contribution in [0.15, 0.2) is 42.5 Å². The molecule has 0 radical (unpaired) electrons. The van der Waals surface area contributed by atoms with Crippen LogP contribution in [-0.4, -0.2) is 25.7 Å². The molecule has 0 aliphatic heterocycles. The van der Waals surface area contributed by atoms with Crippen LogP contribution in [0, 0.1) is 5.82 Å². The van der Waals surface area contributed by atoms with E-state index in [1.807, 2.05) is 13.8 Å². The van der Waals surface area contributed by atoms with Gasteiger partial charge >= 0.3 is 0 Å². The van der Waals surface area contributed by atoms with Gasteiger partial charge in [-0.05, 0) is 38.1 Å². The number of ether oxygens (including phenoxy) is 2. The number of anilines is 2. The summed E-state index contributed by atoms with van der Waals surface area (Å²) in [6.07, 6.45) is 0. The van der Waals surface area contributed by atoms with Crippen molar-refractivity contribution >= 4 is 17.3 Å². The summed E-state index contributed by atoms with van der Waals surface area (Å²) in [6, 6.07) is 11.4. The van der Waals surface area contributed by atoms with Crippen molar-refractivity contribution < 1.29 is 18.7 Å². The molecule has 0 atom stereocenters. The molecule has 2 rings (SSSR count). The van der Waals surface area contributed by atoms with Crippen LogP contribution in [0.1, 0.15) is 13.8 Å². The molecule has 0 saturated heterocycles. The molecule has 2 aromatic rings. The molecule has 0 aliphatic rings. The highest BCUT2D eigenvalue weighted by Gasteiger charge is 2.09. The summed E-state index contributed by atoms with van der Waals surface area (Å²) in [5, 5.41) is 5.50. The first-order chi connectivity index (χ1) is 11.6. The first kappa shape index (κ1) is 17.6. The molecule has 0 saturated carbocycles. The van der Waals surface area contributed by atoms with Gasteiger partial charge in [0.05, 0.1) is 25.4 Å². The zero-order chi connectivity index (χ0) is 17.4. The van der Waals surface area contributed by atoms with E-state index in [1.54, 1.807) is 36.4 Å². The first-order valence-electron chi connectivity index (χ1n) is 7.82. The van der Waals surface area contributed by atoms with Crippen molar-refractivity contribution in [1.29, 1.82) is 0 Å². The molecular weight excluding hydrogens is 311 g/mol. The summed E-state index contributed by atoms with van der Waals surface area (Å²) < 4.78 is 24.5. The van der Waals surface area contributed by atoms with E-state index in [4.69, 9.17) is 9.47 Å². The molecule has 0 bridgehead atoms. The number of benzene rings is 2. The molecule has 0 aromatic heterocycles. The lowest BCUT2D eigenvalue weighted by Crippen LogP contribution is -2.22. The van der Waals surface area contributed by atoms with Gasteiger partial charge in [0.1, 0.15) is 5.82 Å². The van der Waals surface area contributed by atoms with E-state index in [0.717, 1.165) is 0 Å². The fraction of sp³-hybridized carbons (Fsp3) is 0.278. The maximum Gasteiger partial charge on any atom is 0.243 e. The maximum atomic E-state index is 13.5. The van der Waals surface area contributed by atoms with Crippen molar-refractivity contribution in [2.45, 2.75) is 13.8 Å². The molecule has 0 heterocycles. The van der Waals surface area contributed by atoms with Gasteiger partial charge in [-0.15, -0.1) is 0 Å². The lowest BCUT2D eigenvalue weighted by Gasteiger charge is -2.13. The third-order valence-electron chi connectivity index (χ3n) is 3.14. The van der Waals surface area contributed by atoms with E-state index in [2.05, 4.69) is 10.6 Å². The summed E-state index contributed by atoms with van der Waals surface area (Å²) in [4.78, 5) is 12.0. The second-order valence-corrected chi connectivity index (χ2v) is 4.91. The zero-order valence-corrected chi connectivity index (χ0v) is 13.8. The van der Waals surface area contributed by atoms with Crippen LogP contribution >= 0.6 is 0 Å². The third-order valence-corrected chi connectivity index (χ3v) is 3.14. The first-order valence-corrected chi connectivity index (χ1v) is 7.82. The van der Waals surface area contributed by atoms with Gasteiger partial charge in [0.15, 0.2) is 11.5 Å². The predicted molar refractivity (Wildman–Crippen MR) is 92.3 cm³/mol. The van der Waals surface area contributed by atoms with E-state index in [-0.39, 0.29) is 18.1 Å². The van der Waals surface area contributed by atoms with Crippen LogP contribution in [0.4, 0.5) is 15.8 Å². The monoisotopic (exact) mass is 332 g/mol. The van der Waals surface area contributed by atoms with Gasteiger partial charge in [-0.25, -0.2) is 4.39 Å². The van der Waals surface area contributed by atoms with Crippen LogP contribution in [0.3, 0.4) is 0 Å². The topological polar surface area (TPSA) is 59.6 Å². The molecule has 6 heteroatoms. The van der Waals surface area contributed by atoms with Gasteiger partial charge in [-0.2, -0.15) is 0 Å². The molecule has 1 amide bonds. The second-order valence-electron chi connectivity index (χ2n) is 4.91. The number of nitrogens with one attached hydrogen (secondary N) is 2. The van der Waals surface area contributed by atoms with Crippen LogP contribution in [0.2, 0.25) is 0 Å². The Morgan fingerprint density at radius 3 is 2.46 bits per heavy atom. The van der Waals surface area contributed by atoms with Crippen molar-refractivity contribution in [2.75, 3.05) is 30.4 Å². The molecular formula is C18H21FN2O3. The molecule has 0 unspecified atom stereocenters. The summed E-state index contributed by atoms with van der Waals surface area (Å²) in [6.45, 7) is 4.74. The molecule has 2 aromatic carbocycles. The fourth-order valence-corrected chi connectivity index (χ4v) is 2.11. The van der Waals surface area contributed by atoms with E-state index < -0.39 is 5.82 Å². The number of amides is 1. The highest BCUT2D eigenvalue weighted by molar-refractivity contribution is 5.94. The van der Waals surface area contributed by atoms with Gasteiger partial charge in [0.25, 0.3) is 0 Å². The maximum absolute atomic E-state index is 13.5. The molecule has 24 heavy (non-hydrogen) atoms. The molecule has 0 aliphatic carbocycles. The van der Waals surface area contributed by atoms with Gasteiger partial charge < -0.3 is 20.1 Å². The second kappa shape index (κ2) is 8.76. The summed E-state index contributed by atoms with van der Waals surface area (Å²) in [5.74, 6) is 0.510. The van der Waals surface area contributed by atoms with Crippen molar-refractivity contribution in [3.05, 3.63) is 48.3 Å². The van der Waals surface area contributed by atoms with Crippen molar-refractivity contribution in [3.63, 3.8) is 0 Å². The van der Waals surface area contributed by atoms with E-state index in [0.29, 0.717) is 30.4 Å². The van der Waals surface area contributed by atoms with Crippen LogP contribution in [0.5, 0.6) is 11.5 Å². The summed E-state index contributed by atoms with van der Waals surface area (Å²) >= 11 is 0. The van der Waals surface area contributed by atoms with Crippen LogP contribution in [-0.2, 0) is 4.79 Å². The number of halogens is 1. The molecule has 0 spiro atoms. The quantitative estimate of drug-likeness (QED) is 0.774. The van der Waals surface area contributed by atoms with Gasteiger partial charge in [0.2, 0.25) is 5.91 Å². The number of hydrogen-bond acceptors (Lipinski definition) is 4. The van der Waals surface area contributed by atoms with Crippen molar-refractivity contribution in [1.82, 2.24) is 0 Å². The van der Waals surface area contributed by atoms with Crippen LogP contribution in [0.25, 0.3) is 0 Å². The minimum Gasteiger partial charge on any atom is -0.490 e. The molecule has 5 nitrogen and oxygen atoms in total. The van der Waals surface area contributed by atoms with Crippen molar-refractivity contribution in [3.8, 4) is 11.5 Å². The lowest BCUT2D eigenvalue weighted by atomic mass is 10.2. The Balaban J connectivity index is 1.98. The predicted octanol–water partition coefficient (Wildman–Crippen LogP) is 3.67. The molecule has 2 N–H and O–H groups in total. The minimum atomic E-state index is -0.398. The Morgan fingerprint density at radius 2 is 1.75 bits per heavy atom. The Hall–Kier alpha value is -2.76. The fourth-order valence-electron chi connectivity index (χ4n) is 2.11. The third kappa shape index (κ3) is 4.87. The van der Waals surface area contributed by atoms with Crippen molar-refractivity contribution in [2.24, 2.45) is 0 Å². The number of para-hydroxylation sites is 1. The Morgan fingerprint density at radius 1 is 1.04 bits per heavy atom. The normalized spacial score (nSPS) is 10.1. The number of rotatable bonds is 8. The Bertz CT molecular complexity index is 692. The zero-order valence-electron chi connectivity index (χ0n) is 13.8. The minimum absolute atomic E-state index is 0.0435. The SMILES string of the molecule is CCOc1ccc(NC(=O)CNc2ccccc2F)cc1OCC. The highest BCUT2D eigenvalue weighted by Crippen LogP contribution is 2.30. The molecule has 0 fully saturated rings.